The van der Waals surface area contributed by atoms with Crippen LogP contribution in [0.15, 0.2) is 83.9 Å². The van der Waals surface area contributed by atoms with Crippen molar-refractivity contribution < 1.29 is 22.7 Å². The van der Waals surface area contributed by atoms with Gasteiger partial charge in [-0.15, -0.1) is 0 Å². The Bertz CT molecular complexity index is 1720. The number of Topliss-reactive ketones (excluding diaryl/α,β-unsaturated/α-hetero) is 1. The van der Waals surface area contributed by atoms with Crippen LogP contribution in [0.25, 0.3) is 21.8 Å². The lowest BCUT2D eigenvalue weighted by molar-refractivity contribution is 0.100. The van der Waals surface area contributed by atoms with E-state index in [4.69, 9.17) is 9.47 Å². The second-order valence-corrected chi connectivity index (χ2v) is 10.7. The maximum Gasteiger partial charge on any atom is 0.268 e. The Hall–Kier alpha value is -4.01. The lowest BCUT2D eigenvalue weighted by atomic mass is 10.0. The third kappa shape index (κ3) is 4.50. The Labute approximate surface area is 215 Å². The molecular weight excluding hydrogens is 488 g/mol. The molecule has 2 heterocycles. The van der Waals surface area contributed by atoms with Crippen molar-refractivity contribution in [2.24, 2.45) is 0 Å². The number of rotatable bonds is 8. The van der Waals surface area contributed by atoms with E-state index in [1.807, 2.05) is 43.3 Å². The molecule has 2 aromatic heterocycles. The SMILES string of the molecule is COCc1c(C(C)=O)ncc2c1c1cc(OCc3ccccc3)ccc1n2S(=O)(=O)c1ccc(C)cc1. The fourth-order valence-electron chi connectivity index (χ4n) is 4.51. The number of ether oxygens (including phenoxy) is 2. The lowest BCUT2D eigenvalue weighted by Crippen LogP contribution is -2.13. The van der Waals surface area contributed by atoms with E-state index in [0.29, 0.717) is 39.7 Å². The standard InChI is InChI=1S/C29H26N2O5S/c1-19-9-12-23(13-10-19)37(33,34)31-26-14-11-22(36-17-21-7-5-4-6-8-21)15-24(26)28-25(18-35-3)29(20(2)32)30-16-27(28)31/h4-16H,17-18H2,1-3H3. The number of carbonyl (C=O) groups excluding carboxylic acids is 1. The molecule has 5 aromatic rings. The number of carbonyl (C=O) groups is 1. The summed E-state index contributed by atoms with van der Waals surface area (Å²) in [4.78, 5) is 16.9. The van der Waals surface area contributed by atoms with Crippen LogP contribution in [0.4, 0.5) is 0 Å². The Balaban J connectivity index is 1.78. The van der Waals surface area contributed by atoms with Gasteiger partial charge in [0, 0.05) is 30.4 Å². The largest absolute Gasteiger partial charge is 0.489 e. The van der Waals surface area contributed by atoms with Crippen LogP contribution in [-0.2, 0) is 28.0 Å². The number of benzene rings is 3. The summed E-state index contributed by atoms with van der Waals surface area (Å²) in [6, 6.07) is 21.8. The molecule has 0 atom stereocenters. The van der Waals surface area contributed by atoms with Gasteiger partial charge >= 0.3 is 0 Å². The number of aromatic nitrogens is 2. The molecule has 0 radical (unpaired) electrons. The zero-order valence-corrected chi connectivity index (χ0v) is 21.6. The number of nitrogens with zero attached hydrogens (tertiary/aromatic N) is 2. The van der Waals surface area contributed by atoms with Gasteiger partial charge in [0.25, 0.3) is 10.0 Å². The highest BCUT2D eigenvalue weighted by molar-refractivity contribution is 7.90. The second-order valence-electron chi connectivity index (χ2n) is 8.87. The molecular formula is C29H26N2O5S. The van der Waals surface area contributed by atoms with Gasteiger partial charge in [-0.3, -0.25) is 9.78 Å². The van der Waals surface area contributed by atoms with E-state index in [-0.39, 0.29) is 23.0 Å². The topological polar surface area (TPSA) is 87.5 Å². The van der Waals surface area contributed by atoms with Gasteiger partial charge < -0.3 is 9.47 Å². The van der Waals surface area contributed by atoms with Crippen LogP contribution in [0.5, 0.6) is 5.75 Å². The fourth-order valence-corrected chi connectivity index (χ4v) is 6.02. The number of aryl methyl sites for hydroxylation is 1. The highest BCUT2D eigenvalue weighted by Crippen LogP contribution is 2.37. The van der Waals surface area contributed by atoms with E-state index in [2.05, 4.69) is 4.98 Å². The first-order valence-electron chi connectivity index (χ1n) is 11.8. The van der Waals surface area contributed by atoms with Crippen LogP contribution < -0.4 is 4.74 Å². The average Bonchev–Trinajstić information content (AvgIpc) is 3.23. The lowest BCUT2D eigenvalue weighted by Gasteiger charge is -2.11. The van der Waals surface area contributed by atoms with Crippen molar-refractivity contribution in [2.45, 2.75) is 32.0 Å². The van der Waals surface area contributed by atoms with Crippen LogP contribution in [0, 0.1) is 6.92 Å². The molecule has 0 unspecified atom stereocenters. The van der Waals surface area contributed by atoms with Gasteiger partial charge in [-0.2, -0.15) is 0 Å². The number of hydrogen-bond acceptors (Lipinski definition) is 6. The van der Waals surface area contributed by atoms with Crippen LogP contribution in [0.3, 0.4) is 0 Å². The summed E-state index contributed by atoms with van der Waals surface area (Å²) in [5, 5.41) is 1.23. The molecule has 0 N–H and O–H groups in total. The highest BCUT2D eigenvalue weighted by Gasteiger charge is 2.27. The van der Waals surface area contributed by atoms with E-state index < -0.39 is 10.0 Å². The van der Waals surface area contributed by atoms with E-state index in [1.165, 1.54) is 24.2 Å². The molecule has 0 saturated heterocycles. The third-order valence-corrected chi connectivity index (χ3v) is 8.01. The number of fused-ring (bicyclic) bond motifs is 3. The zero-order chi connectivity index (χ0) is 26.2. The minimum Gasteiger partial charge on any atom is -0.489 e. The summed E-state index contributed by atoms with van der Waals surface area (Å²) >= 11 is 0. The van der Waals surface area contributed by atoms with E-state index in [9.17, 15) is 13.2 Å². The quantitative estimate of drug-likeness (QED) is 0.248. The Morgan fingerprint density at radius 2 is 1.68 bits per heavy atom. The van der Waals surface area contributed by atoms with Crippen molar-refractivity contribution in [3.8, 4) is 5.75 Å². The smallest absolute Gasteiger partial charge is 0.268 e. The molecule has 8 heteroatoms. The summed E-state index contributed by atoms with van der Waals surface area (Å²) in [6.45, 7) is 3.79. The predicted octanol–water partition coefficient (Wildman–Crippen LogP) is 5.66. The van der Waals surface area contributed by atoms with Crippen LogP contribution in [0.1, 0.15) is 34.1 Å². The summed E-state index contributed by atoms with van der Waals surface area (Å²) < 4.78 is 40.6. The zero-order valence-electron chi connectivity index (χ0n) is 20.8. The molecule has 0 bridgehead atoms. The monoisotopic (exact) mass is 514 g/mol. The van der Waals surface area contributed by atoms with Crippen LogP contribution in [-0.4, -0.2) is 30.3 Å². The number of hydrogen-bond donors (Lipinski definition) is 0. The number of pyridine rings is 1. The molecule has 0 aliphatic rings. The molecule has 37 heavy (non-hydrogen) atoms. The highest BCUT2D eigenvalue weighted by atomic mass is 32.2. The summed E-state index contributed by atoms with van der Waals surface area (Å²) in [5.41, 5.74) is 3.58. The summed E-state index contributed by atoms with van der Waals surface area (Å²) in [6.07, 6.45) is 1.45. The normalized spacial score (nSPS) is 11.8. The van der Waals surface area contributed by atoms with Gasteiger partial charge in [0.05, 0.1) is 28.7 Å². The molecule has 188 valence electrons. The molecule has 0 fully saturated rings. The maximum atomic E-state index is 13.9. The van der Waals surface area contributed by atoms with Crippen molar-refractivity contribution in [1.29, 1.82) is 0 Å². The Morgan fingerprint density at radius 3 is 2.35 bits per heavy atom. The average molecular weight is 515 g/mol. The van der Waals surface area contributed by atoms with Crippen molar-refractivity contribution in [1.82, 2.24) is 8.96 Å². The van der Waals surface area contributed by atoms with Crippen molar-refractivity contribution >= 4 is 37.6 Å². The van der Waals surface area contributed by atoms with Gasteiger partial charge in [-0.25, -0.2) is 12.4 Å². The molecule has 0 amide bonds. The minimum absolute atomic E-state index is 0.0953. The molecule has 0 aliphatic heterocycles. The first-order valence-corrected chi connectivity index (χ1v) is 13.2. The molecule has 5 rings (SSSR count). The first kappa shape index (κ1) is 24.7. The first-order chi connectivity index (χ1) is 17.8. The van der Waals surface area contributed by atoms with Crippen molar-refractivity contribution in [3.63, 3.8) is 0 Å². The Kier molecular flexibility index (Phi) is 6.54. The van der Waals surface area contributed by atoms with E-state index >= 15 is 0 Å². The number of ketones is 1. The van der Waals surface area contributed by atoms with E-state index in [0.717, 1.165) is 11.1 Å². The molecule has 0 aliphatic carbocycles. The van der Waals surface area contributed by atoms with Crippen LogP contribution >= 0.6 is 0 Å². The van der Waals surface area contributed by atoms with Crippen LogP contribution in [0.2, 0.25) is 0 Å². The summed E-state index contributed by atoms with van der Waals surface area (Å²) in [5.74, 6) is 0.348. The molecule has 0 saturated carbocycles. The Morgan fingerprint density at radius 1 is 0.946 bits per heavy atom. The third-order valence-electron chi connectivity index (χ3n) is 6.26. The molecule has 0 spiro atoms. The molecule has 7 nitrogen and oxygen atoms in total. The second kappa shape index (κ2) is 9.80. The number of methoxy groups -OCH3 is 1. The van der Waals surface area contributed by atoms with E-state index in [1.54, 1.807) is 36.4 Å². The summed E-state index contributed by atoms with van der Waals surface area (Å²) in [7, 11) is -2.46. The van der Waals surface area contributed by atoms with Crippen molar-refractivity contribution in [3.05, 3.63) is 101 Å². The van der Waals surface area contributed by atoms with Gasteiger partial charge in [0.15, 0.2) is 5.78 Å². The van der Waals surface area contributed by atoms with Gasteiger partial charge in [0.1, 0.15) is 18.1 Å². The maximum absolute atomic E-state index is 13.9. The predicted molar refractivity (Wildman–Crippen MR) is 142 cm³/mol. The minimum atomic E-state index is -3.99. The van der Waals surface area contributed by atoms with Gasteiger partial charge in [-0.1, -0.05) is 48.0 Å². The molecule has 3 aromatic carbocycles. The fraction of sp³-hybridized carbons (Fsp3) is 0.172. The van der Waals surface area contributed by atoms with Gasteiger partial charge in [0.2, 0.25) is 0 Å². The van der Waals surface area contributed by atoms with Gasteiger partial charge in [-0.05, 0) is 42.8 Å². The van der Waals surface area contributed by atoms with Crippen molar-refractivity contribution in [2.75, 3.05) is 7.11 Å².